The van der Waals surface area contributed by atoms with Gasteiger partial charge in [0.2, 0.25) is 0 Å². The molecule has 2 aromatic rings. The van der Waals surface area contributed by atoms with Crippen molar-refractivity contribution in [1.29, 1.82) is 5.26 Å². The SMILES string of the molecule is N#Cc1cnc(Cl)c2cc(O)ccc12. The summed E-state index contributed by atoms with van der Waals surface area (Å²) in [4.78, 5) is 3.85. The zero-order valence-electron chi connectivity index (χ0n) is 7.03. The Kier molecular flexibility index (Phi) is 1.99. The number of hydrogen-bond donors (Lipinski definition) is 1. The van der Waals surface area contributed by atoms with Crippen molar-refractivity contribution < 1.29 is 5.11 Å². The number of nitriles is 1. The summed E-state index contributed by atoms with van der Waals surface area (Å²) in [5.74, 6) is 0.108. The lowest BCUT2D eigenvalue weighted by Crippen LogP contribution is -1.84. The van der Waals surface area contributed by atoms with Gasteiger partial charge < -0.3 is 5.11 Å². The number of benzene rings is 1. The molecule has 0 saturated carbocycles. The fourth-order valence-electron chi connectivity index (χ4n) is 1.29. The smallest absolute Gasteiger partial charge is 0.137 e. The molecule has 1 N–H and O–H groups in total. The highest BCUT2D eigenvalue weighted by atomic mass is 35.5. The molecule has 0 aliphatic rings. The molecule has 14 heavy (non-hydrogen) atoms. The second kappa shape index (κ2) is 3.17. The van der Waals surface area contributed by atoms with E-state index >= 15 is 0 Å². The summed E-state index contributed by atoms with van der Waals surface area (Å²) >= 11 is 5.83. The molecule has 1 heterocycles. The maximum Gasteiger partial charge on any atom is 0.137 e. The minimum atomic E-state index is 0.108. The van der Waals surface area contributed by atoms with Crippen LogP contribution in [0.25, 0.3) is 10.8 Å². The van der Waals surface area contributed by atoms with Crippen molar-refractivity contribution in [1.82, 2.24) is 4.98 Å². The Morgan fingerprint density at radius 1 is 1.36 bits per heavy atom. The van der Waals surface area contributed by atoms with E-state index in [0.717, 1.165) is 0 Å². The third-order valence-electron chi connectivity index (χ3n) is 1.94. The van der Waals surface area contributed by atoms with Crippen LogP contribution in [0.5, 0.6) is 5.75 Å². The molecule has 2 rings (SSSR count). The average molecular weight is 205 g/mol. The van der Waals surface area contributed by atoms with Gasteiger partial charge in [0.25, 0.3) is 0 Å². The number of rotatable bonds is 0. The van der Waals surface area contributed by atoms with E-state index in [-0.39, 0.29) is 10.9 Å². The third kappa shape index (κ3) is 1.26. The Hall–Kier alpha value is -1.79. The molecule has 0 aliphatic carbocycles. The number of phenols is 1. The predicted octanol–water partition coefficient (Wildman–Crippen LogP) is 2.47. The summed E-state index contributed by atoms with van der Waals surface area (Å²) in [6.07, 6.45) is 1.42. The second-order valence-corrected chi connectivity index (χ2v) is 3.16. The topological polar surface area (TPSA) is 56.9 Å². The normalized spacial score (nSPS) is 10.0. The zero-order valence-corrected chi connectivity index (χ0v) is 7.78. The van der Waals surface area contributed by atoms with Gasteiger partial charge in [-0.3, -0.25) is 0 Å². The Labute approximate surface area is 85.2 Å². The average Bonchev–Trinajstić information content (AvgIpc) is 2.19. The van der Waals surface area contributed by atoms with Crippen molar-refractivity contribution in [2.45, 2.75) is 0 Å². The van der Waals surface area contributed by atoms with E-state index in [9.17, 15) is 5.11 Å². The van der Waals surface area contributed by atoms with Crippen molar-refractivity contribution in [2.24, 2.45) is 0 Å². The Morgan fingerprint density at radius 2 is 2.14 bits per heavy atom. The first-order valence-electron chi connectivity index (χ1n) is 3.89. The van der Waals surface area contributed by atoms with Crippen LogP contribution in [-0.4, -0.2) is 10.1 Å². The third-order valence-corrected chi connectivity index (χ3v) is 2.24. The zero-order chi connectivity index (χ0) is 10.1. The fraction of sp³-hybridized carbons (Fsp3) is 0. The minimum absolute atomic E-state index is 0.108. The van der Waals surface area contributed by atoms with Crippen molar-refractivity contribution in [3.8, 4) is 11.8 Å². The van der Waals surface area contributed by atoms with E-state index < -0.39 is 0 Å². The van der Waals surface area contributed by atoms with Crippen LogP contribution in [0.4, 0.5) is 0 Å². The first-order valence-corrected chi connectivity index (χ1v) is 4.27. The second-order valence-electron chi connectivity index (χ2n) is 2.80. The van der Waals surface area contributed by atoms with Crippen molar-refractivity contribution in [3.63, 3.8) is 0 Å². The summed E-state index contributed by atoms with van der Waals surface area (Å²) in [5.41, 5.74) is 0.449. The van der Waals surface area contributed by atoms with Crippen LogP contribution in [0.15, 0.2) is 24.4 Å². The van der Waals surface area contributed by atoms with Gasteiger partial charge in [0, 0.05) is 17.0 Å². The number of aromatic nitrogens is 1. The standard InChI is InChI=1S/C10H5ClN2O/c11-10-9-3-7(14)1-2-8(9)6(4-12)5-13-10/h1-3,5,14H. The van der Waals surface area contributed by atoms with Gasteiger partial charge in [-0.15, -0.1) is 0 Å². The molecule has 68 valence electrons. The fourth-order valence-corrected chi connectivity index (χ4v) is 1.49. The maximum absolute atomic E-state index is 9.25. The van der Waals surface area contributed by atoms with E-state index in [1.165, 1.54) is 18.3 Å². The molecule has 0 spiro atoms. The molecular weight excluding hydrogens is 200 g/mol. The number of fused-ring (bicyclic) bond motifs is 1. The van der Waals surface area contributed by atoms with Crippen LogP contribution in [0, 0.1) is 11.3 Å². The van der Waals surface area contributed by atoms with E-state index in [2.05, 4.69) is 4.98 Å². The van der Waals surface area contributed by atoms with Crippen LogP contribution in [0.1, 0.15) is 5.56 Å². The summed E-state index contributed by atoms with van der Waals surface area (Å²) < 4.78 is 0. The van der Waals surface area contributed by atoms with Gasteiger partial charge in [0.1, 0.15) is 17.0 Å². The van der Waals surface area contributed by atoms with Gasteiger partial charge in [-0.25, -0.2) is 4.98 Å². The van der Waals surface area contributed by atoms with Crippen molar-refractivity contribution >= 4 is 22.4 Å². The molecule has 0 amide bonds. The lowest BCUT2D eigenvalue weighted by Gasteiger charge is -2.01. The number of aromatic hydroxyl groups is 1. The summed E-state index contributed by atoms with van der Waals surface area (Å²) in [5, 5.41) is 19.6. The minimum Gasteiger partial charge on any atom is -0.508 e. The maximum atomic E-state index is 9.25. The molecule has 0 fully saturated rings. The largest absolute Gasteiger partial charge is 0.508 e. The molecule has 0 radical (unpaired) electrons. The summed E-state index contributed by atoms with van der Waals surface area (Å²) in [7, 11) is 0. The summed E-state index contributed by atoms with van der Waals surface area (Å²) in [6.45, 7) is 0. The quantitative estimate of drug-likeness (QED) is 0.671. The molecule has 0 aliphatic heterocycles. The van der Waals surface area contributed by atoms with Crippen LogP contribution < -0.4 is 0 Å². The van der Waals surface area contributed by atoms with Crippen LogP contribution in [0.3, 0.4) is 0 Å². The molecular formula is C10H5ClN2O. The molecule has 0 unspecified atom stereocenters. The van der Waals surface area contributed by atoms with E-state index in [1.54, 1.807) is 6.07 Å². The van der Waals surface area contributed by atoms with Crippen LogP contribution >= 0.6 is 11.6 Å². The van der Waals surface area contributed by atoms with E-state index in [1.807, 2.05) is 6.07 Å². The number of pyridine rings is 1. The number of hydrogen-bond acceptors (Lipinski definition) is 3. The Morgan fingerprint density at radius 3 is 2.86 bits per heavy atom. The number of halogens is 1. The first kappa shape index (κ1) is 8.79. The molecule has 1 aromatic carbocycles. The van der Waals surface area contributed by atoms with E-state index in [4.69, 9.17) is 16.9 Å². The highest BCUT2D eigenvalue weighted by Gasteiger charge is 2.05. The summed E-state index contributed by atoms with van der Waals surface area (Å²) in [6, 6.07) is 6.67. The van der Waals surface area contributed by atoms with Gasteiger partial charge >= 0.3 is 0 Å². The highest BCUT2D eigenvalue weighted by molar-refractivity contribution is 6.34. The predicted molar refractivity (Wildman–Crippen MR) is 53.1 cm³/mol. The van der Waals surface area contributed by atoms with Gasteiger partial charge in [0.05, 0.1) is 5.56 Å². The Bertz CT molecular complexity index is 546. The van der Waals surface area contributed by atoms with Gasteiger partial charge in [-0.1, -0.05) is 11.6 Å². The lowest BCUT2D eigenvalue weighted by molar-refractivity contribution is 0.476. The molecule has 0 atom stereocenters. The molecule has 3 nitrogen and oxygen atoms in total. The van der Waals surface area contributed by atoms with Crippen molar-refractivity contribution in [2.75, 3.05) is 0 Å². The molecule has 0 bridgehead atoms. The van der Waals surface area contributed by atoms with Gasteiger partial charge in [-0.2, -0.15) is 5.26 Å². The number of nitrogens with zero attached hydrogens (tertiary/aromatic N) is 2. The lowest BCUT2D eigenvalue weighted by atomic mass is 10.1. The molecule has 4 heteroatoms. The Balaban J connectivity index is 2.93. The van der Waals surface area contributed by atoms with Gasteiger partial charge in [-0.05, 0) is 18.2 Å². The van der Waals surface area contributed by atoms with Gasteiger partial charge in [0.15, 0.2) is 0 Å². The monoisotopic (exact) mass is 204 g/mol. The number of phenolic OH excluding ortho intramolecular Hbond substituents is 1. The van der Waals surface area contributed by atoms with Crippen molar-refractivity contribution in [3.05, 3.63) is 35.1 Å². The van der Waals surface area contributed by atoms with Crippen LogP contribution in [-0.2, 0) is 0 Å². The van der Waals surface area contributed by atoms with Crippen LogP contribution in [0.2, 0.25) is 5.15 Å². The molecule has 1 aromatic heterocycles. The van der Waals surface area contributed by atoms with E-state index in [0.29, 0.717) is 16.3 Å². The molecule has 0 saturated heterocycles. The first-order chi connectivity index (χ1) is 6.72. The highest BCUT2D eigenvalue weighted by Crippen LogP contribution is 2.27.